The van der Waals surface area contributed by atoms with Crippen molar-refractivity contribution < 1.29 is 9.53 Å². The fraction of sp³-hybridized carbons (Fsp3) is 0.571. The van der Waals surface area contributed by atoms with Crippen LogP contribution < -0.4 is 5.56 Å². The maximum absolute atomic E-state index is 11.9. The molecule has 5 heteroatoms. The third-order valence-corrected chi connectivity index (χ3v) is 3.13. The van der Waals surface area contributed by atoms with Crippen LogP contribution in [0.4, 0.5) is 4.79 Å². The molecule has 19 heavy (non-hydrogen) atoms. The van der Waals surface area contributed by atoms with E-state index in [9.17, 15) is 9.59 Å². The van der Waals surface area contributed by atoms with Crippen LogP contribution in [0.25, 0.3) is 0 Å². The summed E-state index contributed by atoms with van der Waals surface area (Å²) in [6.07, 6.45) is 1.42. The molecule has 1 amide bonds. The summed E-state index contributed by atoms with van der Waals surface area (Å²) < 4.78 is 6.84. The van der Waals surface area contributed by atoms with Crippen molar-refractivity contribution in [2.75, 3.05) is 13.1 Å². The van der Waals surface area contributed by atoms with Gasteiger partial charge in [-0.3, -0.25) is 4.79 Å². The number of hydrogen-bond donors (Lipinski definition) is 0. The highest BCUT2D eigenvalue weighted by molar-refractivity contribution is 5.69. The van der Waals surface area contributed by atoms with Crippen LogP contribution in [0.5, 0.6) is 0 Å². The maximum Gasteiger partial charge on any atom is 0.410 e. The van der Waals surface area contributed by atoms with E-state index in [2.05, 4.69) is 0 Å². The number of aromatic nitrogens is 1. The van der Waals surface area contributed by atoms with Crippen molar-refractivity contribution in [3.63, 3.8) is 0 Å². The summed E-state index contributed by atoms with van der Waals surface area (Å²) in [6.45, 7) is 6.63. The van der Waals surface area contributed by atoms with Crippen molar-refractivity contribution in [1.29, 1.82) is 0 Å². The third-order valence-electron chi connectivity index (χ3n) is 3.13. The summed E-state index contributed by atoms with van der Waals surface area (Å²) in [7, 11) is 1.73. The van der Waals surface area contributed by atoms with Crippen LogP contribution in [0.1, 0.15) is 32.3 Å². The quantitative estimate of drug-likeness (QED) is 0.776. The van der Waals surface area contributed by atoms with Crippen molar-refractivity contribution >= 4 is 6.09 Å². The predicted octanol–water partition coefficient (Wildman–Crippen LogP) is 1.72. The standard InChI is InChI=1S/C14H20N2O3/c1-14(2,3)19-13(18)16-8-10(9-16)11-6-5-7-15(4)12(11)17/h5-7,10H,8-9H2,1-4H3. The minimum atomic E-state index is -0.481. The molecule has 1 aromatic rings. The molecular formula is C14H20N2O3. The first-order valence-corrected chi connectivity index (χ1v) is 6.41. The van der Waals surface area contributed by atoms with Gasteiger partial charge in [-0.1, -0.05) is 6.07 Å². The highest BCUT2D eigenvalue weighted by atomic mass is 16.6. The average Bonchev–Trinajstić information content (AvgIpc) is 2.19. The monoisotopic (exact) mass is 264 g/mol. The van der Waals surface area contributed by atoms with Crippen molar-refractivity contribution in [3.8, 4) is 0 Å². The van der Waals surface area contributed by atoms with Crippen LogP contribution in [-0.4, -0.2) is 34.3 Å². The molecule has 0 unspecified atom stereocenters. The van der Waals surface area contributed by atoms with E-state index in [-0.39, 0.29) is 17.6 Å². The van der Waals surface area contributed by atoms with E-state index >= 15 is 0 Å². The van der Waals surface area contributed by atoms with Gasteiger partial charge in [0.2, 0.25) is 0 Å². The van der Waals surface area contributed by atoms with Crippen molar-refractivity contribution in [2.45, 2.75) is 32.3 Å². The number of nitrogens with zero attached hydrogens (tertiary/aromatic N) is 2. The van der Waals surface area contributed by atoms with Gasteiger partial charge < -0.3 is 14.2 Å². The predicted molar refractivity (Wildman–Crippen MR) is 72.2 cm³/mol. The first-order chi connectivity index (χ1) is 8.78. The molecule has 2 heterocycles. The Kier molecular flexibility index (Phi) is 3.39. The topological polar surface area (TPSA) is 51.5 Å². The summed E-state index contributed by atoms with van der Waals surface area (Å²) in [4.78, 5) is 25.4. The molecule has 0 aromatic carbocycles. The third kappa shape index (κ3) is 2.97. The molecule has 0 saturated carbocycles. The Balaban J connectivity index is 1.98. The van der Waals surface area contributed by atoms with Gasteiger partial charge in [-0.05, 0) is 26.8 Å². The van der Waals surface area contributed by atoms with E-state index in [1.807, 2.05) is 32.9 Å². The summed E-state index contributed by atoms with van der Waals surface area (Å²) in [5.74, 6) is 0.118. The van der Waals surface area contributed by atoms with E-state index in [1.165, 1.54) is 0 Å². The lowest BCUT2D eigenvalue weighted by Gasteiger charge is -2.39. The second kappa shape index (κ2) is 4.72. The van der Waals surface area contributed by atoms with Crippen LogP contribution >= 0.6 is 0 Å². The molecule has 1 aliphatic rings. The normalized spacial score (nSPS) is 16.1. The Morgan fingerprint density at radius 3 is 2.58 bits per heavy atom. The van der Waals surface area contributed by atoms with Crippen LogP contribution in [0.3, 0.4) is 0 Å². The SMILES string of the molecule is Cn1cccc(C2CN(C(=O)OC(C)(C)C)C2)c1=O. The molecule has 1 fully saturated rings. The summed E-state index contributed by atoms with van der Waals surface area (Å²) in [5, 5.41) is 0. The van der Waals surface area contributed by atoms with Crippen LogP contribution in [0.15, 0.2) is 23.1 Å². The number of carbonyl (C=O) groups excluding carboxylic acids is 1. The molecule has 1 aromatic heterocycles. The van der Waals surface area contributed by atoms with Crippen LogP contribution in [-0.2, 0) is 11.8 Å². The Bertz CT molecular complexity index is 536. The molecule has 0 atom stereocenters. The summed E-state index contributed by atoms with van der Waals surface area (Å²) in [6, 6.07) is 3.69. The molecule has 1 saturated heterocycles. The Morgan fingerprint density at radius 1 is 1.37 bits per heavy atom. The highest BCUT2D eigenvalue weighted by Crippen LogP contribution is 2.26. The molecule has 1 aliphatic heterocycles. The first-order valence-electron chi connectivity index (χ1n) is 6.41. The van der Waals surface area contributed by atoms with Crippen LogP contribution in [0.2, 0.25) is 0 Å². The molecule has 104 valence electrons. The number of aryl methyl sites for hydroxylation is 1. The molecule has 2 rings (SSSR count). The maximum atomic E-state index is 11.9. The van der Waals surface area contributed by atoms with Crippen molar-refractivity contribution in [3.05, 3.63) is 34.2 Å². The zero-order valence-corrected chi connectivity index (χ0v) is 11.8. The molecule has 0 bridgehead atoms. The van der Waals surface area contributed by atoms with E-state index in [0.717, 1.165) is 5.56 Å². The summed E-state index contributed by atoms with van der Waals surface area (Å²) in [5.41, 5.74) is 0.298. The molecule has 0 radical (unpaired) electrons. The van der Waals surface area contributed by atoms with Crippen molar-refractivity contribution in [1.82, 2.24) is 9.47 Å². The number of rotatable bonds is 1. The number of hydrogen-bond acceptors (Lipinski definition) is 3. The Labute approximate surface area is 112 Å². The van der Waals surface area contributed by atoms with Gasteiger partial charge in [-0.25, -0.2) is 4.79 Å². The number of amides is 1. The lowest BCUT2D eigenvalue weighted by atomic mass is 9.93. The van der Waals surface area contributed by atoms with Crippen molar-refractivity contribution in [2.24, 2.45) is 7.05 Å². The lowest BCUT2D eigenvalue weighted by molar-refractivity contribution is 0.00806. The van der Waals surface area contributed by atoms with Gasteiger partial charge >= 0.3 is 6.09 Å². The van der Waals surface area contributed by atoms with Gasteiger partial charge in [0.05, 0.1) is 0 Å². The van der Waals surface area contributed by atoms with E-state index in [4.69, 9.17) is 4.74 Å². The van der Waals surface area contributed by atoms with Gasteiger partial charge in [0.1, 0.15) is 5.60 Å². The first kappa shape index (κ1) is 13.6. The fourth-order valence-electron chi connectivity index (χ4n) is 2.08. The largest absolute Gasteiger partial charge is 0.444 e. The smallest absolute Gasteiger partial charge is 0.410 e. The second-order valence-electron chi connectivity index (χ2n) is 5.96. The summed E-state index contributed by atoms with van der Waals surface area (Å²) >= 11 is 0. The number of likely N-dealkylation sites (tertiary alicyclic amines) is 1. The van der Waals surface area contributed by atoms with Gasteiger partial charge in [0.25, 0.3) is 5.56 Å². The van der Waals surface area contributed by atoms with E-state index in [0.29, 0.717) is 13.1 Å². The second-order valence-corrected chi connectivity index (χ2v) is 5.96. The Morgan fingerprint density at radius 2 is 2.00 bits per heavy atom. The van der Waals surface area contributed by atoms with Crippen LogP contribution in [0, 0.1) is 0 Å². The molecule has 0 N–H and O–H groups in total. The minimum Gasteiger partial charge on any atom is -0.444 e. The van der Waals surface area contributed by atoms with Gasteiger partial charge in [-0.2, -0.15) is 0 Å². The average molecular weight is 264 g/mol. The number of carbonyl (C=O) groups is 1. The number of ether oxygens (including phenoxy) is 1. The molecule has 0 spiro atoms. The molecule has 0 aliphatic carbocycles. The Hall–Kier alpha value is -1.78. The minimum absolute atomic E-state index is 0.0105. The molecule has 5 nitrogen and oxygen atoms in total. The van der Waals surface area contributed by atoms with Gasteiger partial charge in [0.15, 0.2) is 0 Å². The zero-order valence-electron chi connectivity index (χ0n) is 11.8. The zero-order chi connectivity index (χ0) is 14.2. The highest BCUT2D eigenvalue weighted by Gasteiger charge is 2.35. The lowest BCUT2D eigenvalue weighted by Crippen LogP contribution is -2.51. The number of pyridine rings is 1. The van der Waals surface area contributed by atoms with E-state index in [1.54, 1.807) is 22.7 Å². The van der Waals surface area contributed by atoms with Gasteiger partial charge in [-0.15, -0.1) is 0 Å². The fourth-order valence-corrected chi connectivity index (χ4v) is 2.08. The van der Waals surface area contributed by atoms with E-state index < -0.39 is 5.60 Å². The van der Waals surface area contributed by atoms with Gasteiger partial charge in [0, 0.05) is 37.8 Å². The molecular weight excluding hydrogens is 244 g/mol.